The quantitative estimate of drug-likeness (QED) is 0.454. The summed E-state index contributed by atoms with van der Waals surface area (Å²) in [6.07, 6.45) is -0.618. The molecule has 1 N–H and O–H groups in total. The van der Waals surface area contributed by atoms with Crippen molar-refractivity contribution in [3.05, 3.63) is 58.1 Å². The highest BCUT2D eigenvalue weighted by molar-refractivity contribution is 5.94. The van der Waals surface area contributed by atoms with Crippen LogP contribution in [0, 0.1) is 10.1 Å². The van der Waals surface area contributed by atoms with Gasteiger partial charge in [0.2, 0.25) is 0 Å². The molecule has 1 amide bonds. The van der Waals surface area contributed by atoms with E-state index in [0.717, 1.165) is 13.2 Å². The number of methoxy groups -OCH3 is 1. The molecule has 0 fully saturated rings. The lowest BCUT2D eigenvalue weighted by Crippen LogP contribution is -2.27. The van der Waals surface area contributed by atoms with Crippen LogP contribution in [0.1, 0.15) is 31.1 Å². The number of carbonyl (C=O) groups is 2. The number of esters is 1. The zero-order valence-electron chi connectivity index (χ0n) is 15.8. The van der Waals surface area contributed by atoms with Crippen LogP contribution in [0.2, 0.25) is 0 Å². The summed E-state index contributed by atoms with van der Waals surface area (Å²) in [6.45, 7) is 5.25. The van der Waals surface area contributed by atoms with E-state index in [1.54, 1.807) is 45.0 Å². The first-order valence-electron chi connectivity index (χ1n) is 8.24. The fraction of sp³-hybridized carbons (Fsp3) is 0.263. The van der Waals surface area contributed by atoms with E-state index in [1.807, 2.05) is 0 Å². The summed E-state index contributed by atoms with van der Waals surface area (Å²) in [5.41, 5.74) is -0.823. The minimum atomic E-state index is -0.850. The molecule has 0 spiro atoms. The lowest BCUT2D eigenvalue weighted by atomic mass is 10.1. The average Bonchev–Trinajstić information content (AvgIpc) is 2.59. The van der Waals surface area contributed by atoms with Crippen molar-refractivity contribution in [2.75, 3.05) is 12.4 Å². The lowest BCUT2D eigenvalue weighted by molar-refractivity contribution is -0.385. The molecule has 2 rings (SSSR count). The van der Waals surface area contributed by atoms with E-state index < -0.39 is 22.6 Å². The molecule has 0 bridgehead atoms. The number of hydrogen-bond donors (Lipinski definition) is 1. The normalized spacial score (nSPS) is 10.7. The molecule has 28 heavy (non-hydrogen) atoms. The number of nitro groups is 1. The molecule has 0 aliphatic heterocycles. The predicted molar refractivity (Wildman–Crippen MR) is 101 cm³/mol. The van der Waals surface area contributed by atoms with E-state index in [0.29, 0.717) is 11.4 Å². The van der Waals surface area contributed by atoms with Gasteiger partial charge in [0.15, 0.2) is 0 Å². The Bertz CT molecular complexity index is 903. The second-order valence-electron chi connectivity index (χ2n) is 6.68. The van der Waals surface area contributed by atoms with Gasteiger partial charge in [-0.3, -0.25) is 15.4 Å². The maximum absolute atomic E-state index is 11.9. The Labute approximate surface area is 161 Å². The van der Waals surface area contributed by atoms with Crippen molar-refractivity contribution < 1.29 is 28.7 Å². The van der Waals surface area contributed by atoms with Gasteiger partial charge in [-0.25, -0.2) is 9.59 Å². The molecule has 0 radical (unpaired) electrons. The number of amides is 1. The Morgan fingerprint density at radius 1 is 1.07 bits per heavy atom. The highest BCUT2D eigenvalue weighted by atomic mass is 16.6. The third-order valence-corrected chi connectivity index (χ3v) is 3.29. The van der Waals surface area contributed by atoms with E-state index >= 15 is 0 Å². The number of hydrogen-bond acceptors (Lipinski definition) is 7. The molecular weight excluding hydrogens is 368 g/mol. The molecule has 0 aromatic heterocycles. The van der Waals surface area contributed by atoms with Gasteiger partial charge in [-0.2, -0.15) is 0 Å². The van der Waals surface area contributed by atoms with E-state index in [2.05, 4.69) is 10.1 Å². The standard InChI is InChI=1S/C19H20N2O7/c1-19(2,3)28-18(23)20-12-6-5-7-13(10-12)27-14-8-9-16(21(24)25)15(11-14)17(22)26-4/h5-11H,1-4H3,(H,20,23). The fourth-order valence-electron chi connectivity index (χ4n) is 2.21. The number of carbonyl (C=O) groups excluding carboxylic acids is 2. The van der Waals surface area contributed by atoms with Crippen LogP contribution in [-0.4, -0.2) is 29.7 Å². The third-order valence-electron chi connectivity index (χ3n) is 3.29. The number of anilines is 1. The molecule has 2 aromatic rings. The van der Waals surface area contributed by atoms with Gasteiger partial charge < -0.3 is 14.2 Å². The number of nitrogens with zero attached hydrogens (tertiary/aromatic N) is 1. The molecular formula is C19H20N2O7. The van der Waals surface area contributed by atoms with Crippen LogP contribution in [0.15, 0.2) is 42.5 Å². The van der Waals surface area contributed by atoms with Crippen molar-refractivity contribution in [3.63, 3.8) is 0 Å². The van der Waals surface area contributed by atoms with Crippen LogP contribution in [0.4, 0.5) is 16.2 Å². The van der Waals surface area contributed by atoms with Gasteiger partial charge in [-0.15, -0.1) is 0 Å². The molecule has 0 atom stereocenters. The summed E-state index contributed by atoms with van der Waals surface area (Å²) < 4.78 is 15.4. The van der Waals surface area contributed by atoms with Crippen LogP contribution < -0.4 is 10.1 Å². The van der Waals surface area contributed by atoms with Gasteiger partial charge in [0.1, 0.15) is 22.7 Å². The first-order valence-corrected chi connectivity index (χ1v) is 8.24. The summed E-state index contributed by atoms with van der Waals surface area (Å²) >= 11 is 0. The van der Waals surface area contributed by atoms with Crippen LogP contribution in [0.25, 0.3) is 0 Å². The van der Waals surface area contributed by atoms with E-state index in [9.17, 15) is 19.7 Å². The number of ether oxygens (including phenoxy) is 3. The lowest BCUT2D eigenvalue weighted by Gasteiger charge is -2.19. The zero-order valence-corrected chi connectivity index (χ0v) is 15.8. The van der Waals surface area contributed by atoms with Crippen LogP contribution in [-0.2, 0) is 9.47 Å². The summed E-state index contributed by atoms with van der Waals surface area (Å²) in [4.78, 5) is 34.0. The Morgan fingerprint density at radius 3 is 2.36 bits per heavy atom. The summed E-state index contributed by atoms with van der Waals surface area (Å²) in [5, 5.41) is 13.6. The SMILES string of the molecule is COC(=O)c1cc(Oc2cccc(NC(=O)OC(C)(C)C)c2)ccc1[N+](=O)[O-]. The molecule has 0 saturated heterocycles. The van der Waals surface area contributed by atoms with Crippen LogP contribution in [0.3, 0.4) is 0 Å². The second kappa shape index (κ2) is 8.38. The first kappa shape index (κ1) is 20.7. The van der Waals surface area contributed by atoms with Crippen molar-refractivity contribution in [2.45, 2.75) is 26.4 Å². The topological polar surface area (TPSA) is 117 Å². The molecule has 0 aliphatic rings. The maximum atomic E-state index is 11.9. The van der Waals surface area contributed by atoms with Gasteiger partial charge >= 0.3 is 12.1 Å². The van der Waals surface area contributed by atoms with E-state index in [-0.39, 0.29) is 17.0 Å². The fourth-order valence-corrected chi connectivity index (χ4v) is 2.21. The molecule has 0 aliphatic carbocycles. The van der Waals surface area contributed by atoms with Crippen molar-refractivity contribution in [1.82, 2.24) is 0 Å². The molecule has 9 heteroatoms. The van der Waals surface area contributed by atoms with Crippen molar-refractivity contribution in [2.24, 2.45) is 0 Å². The van der Waals surface area contributed by atoms with Gasteiger partial charge in [-0.1, -0.05) is 6.07 Å². The Morgan fingerprint density at radius 2 is 1.75 bits per heavy atom. The molecule has 9 nitrogen and oxygen atoms in total. The number of nitro benzene ring substituents is 1. The van der Waals surface area contributed by atoms with E-state index in [1.165, 1.54) is 12.1 Å². The minimum absolute atomic E-state index is 0.195. The molecule has 0 saturated carbocycles. The largest absolute Gasteiger partial charge is 0.465 e. The Hall–Kier alpha value is -3.62. The highest BCUT2D eigenvalue weighted by Crippen LogP contribution is 2.29. The van der Waals surface area contributed by atoms with Crippen LogP contribution in [0.5, 0.6) is 11.5 Å². The summed E-state index contributed by atoms with van der Waals surface area (Å²) in [7, 11) is 1.13. The Balaban J connectivity index is 2.21. The summed E-state index contributed by atoms with van der Waals surface area (Å²) in [6, 6.07) is 10.2. The predicted octanol–water partition coefficient (Wildman–Crippen LogP) is 4.52. The third kappa shape index (κ3) is 5.70. The monoisotopic (exact) mass is 388 g/mol. The molecule has 0 heterocycles. The summed E-state index contributed by atoms with van der Waals surface area (Å²) in [5.74, 6) is -0.309. The first-order chi connectivity index (χ1) is 13.1. The Kier molecular flexibility index (Phi) is 6.19. The van der Waals surface area contributed by atoms with Gasteiger partial charge in [-0.05, 0) is 39.0 Å². The van der Waals surface area contributed by atoms with Gasteiger partial charge in [0, 0.05) is 23.9 Å². The average molecular weight is 388 g/mol. The second-order valence-corrected chi connectivity index (χ2v) is 6.68. The smallest absolute Gasteiger partial charge is 0.412 e. The highest BCUT2D eigenvalue weighted by Gasteiger charge is 2.22. The van der Waals surface area contributed by atoms with Crippen molar-refractivity contribution in [3.8, 4) is 11.5 Å². The number of rotatable bonds is 5. The van der Waals surface area contributed by atoms with Crippen molar-refractivity contribution in [1.29, 1.82) is 0 Å². The number of benzene rings is 2. The minimum Gasteiger partial charge on any atom is -0.465 e. The van der Waals surface area contributed by atoms with Gasteiger partial charge in [0.05, 0.1) is 12.0 Å². The van der Waals surface area contributed by atoms with Gasteiger partial charge in [0.25, 0.3) is 5.69 Å². The number of nitrogens with one attached hydrogen (secondary N) is 1. The van der Waals surface area contributed by atoms with Crippen molar-refractivity contribution >= 4 is 23.4 Å². The zero-order chi connectivity index (χ0) is 20.9. The maximum Gasteiger partial charge on any atom is 0.412 e. The molecule has 0 unspecified atom stereocenters. The van der Waals surface area contributed by atoms with E-state index in [4.69, 9.17) is 9.47 Å². The van der Waals surface area contributed by atoms with Crippen LogP contribution >= 0.6 is 0 Å². The molecule has 148 valence electrons. The molecule has 2 aromatic carbocycles.